The standard InChI is InChI=1S/C15H22ClNO4/c1-18-5-3-17(4-6-19-2)9-12-7-14(16)8-13-10-20-11-21-15(12)13/h7-8H,3-6,9-11H2,1-2H3. The zero-order valence-corrected chi connectivity index (χ0v) is 13.3. The summed E-state index contributed by atoms with van der Waals surface area (Å²) < 4.78 is 21.3. The quantitative estimate of drug-likeness (QED) is 0.736. The van der Waals surface area contributed by atoms with Crippen LogP contribution in [-0.4, -0.2) is 52.2 Å². The van der Waals surface area contributed by atoms with Crippen LogP contribution in [0.4, 0.5) is 0 Å². The predicted molar refractivity (Wildman–Crippen MR) is 80.8 cm³/mol. The van der Waals surface area contributed by atoms with E-state index >= 15 is 0 Å². The number of benzene rings is 1. The van der Waals surface area contributed by atoms with Crippen molar-refractivity contribution in [2.24, 2.45) is 0 Å². The van der Waals surface area contributed by atoms with E-state index in [2.05, 4.69) is 4.90 Å². The van der Waals surface area contributed by atoms with E-state index < -0.39 is 0 Å². The first kappa shape index (κ1) is 16.5. The molecule has 1 aliphatic heterocycles. The van der Waals surface area contributed by atoms with Crippen molar-refractivity contribution in [1.82, 2.24) is 4.90 Å². The maximum absolute atomic E-state index is 6.19. The van der Waals surface area contributed by atoms with Gasteiger partial charge in [0, 0.05) is 50.0 Å². The third-order valence-corrected chi connectivity index (χ3v) is 3.59. The molecule has 1 aromatic carbocycles. The lowest BCUT2D eigenvalue weighted by Gasteiger charge is -2.26. The van der Waals surface area contributed by atoms with Crippen LogP contribution in [0.15, 0.2) is 12.1 Å². The Hall–Kier alpha value is -0.850. The van der Waals surface area contributed by atoms with Gasteiger partial charge < -0.3 is 18.9 Å². The molecule has 0 N–H and O–H groups in total. The van der Waals surface area contributed by atoms with Crippen LogP contribution in [0.25, 0.3) is 0 Å². The largest absolute Gasteiger partial charge is 0.467 e. The molecular formula is C15H22ClNO4. The van der Waals surface area contributed by atoms with Gasteiger partial charge in [-0.05, 0) is 12.1 Å². The number of hydrogen-bond donors (Lipinski definition) is 0. The first-order valence-electron chi connectivity index (χ1n) is 6.96. The molecule has 1 aromatic rings. The molecule has 6 heteroatoms. The second kappa shape index (κ2) is 8.56. The van der Waals surface area contributed by atoms with Crippen molar-refractivity contribution in [3.05, 3.63) is 28.3 Å². The minimum absolute atomic E-state index is 0.289. The lowest BCUT2D eigenvalue weighted by molar-refractivity contribution is -0.0176. The maximum atomic E-state index is 6.19. The third-order valence-electron chi connectivity index (χ3n) is 3.37. The fourth-order valence-electron chi connectivity index (χ4n) is 2.33. The second-order valence-electron chi connectivity index (χ2n) is 4.93. The molecule has 0 spiro atoms. The topological polar surface area (TPSA) is 40.2 Å². The molecule has 0 bridgehead atoms. The minimum atomic E-state index is 0.289. The Morgan fingerprint density at radius 1 is 1.19 bits per heavy atom. The Bertz CT molecular complexity index is 448. The van der Waals surface area contributed by atoms with Gasteiger partial charge in [-0.25, -0.2) is 0 Å². The highest BCUT2D eigenvalue weighted by molar-refractivity contribution is 6.30. The molecule has 21 heavy (non-hydrogen) atoms. The monoisotopic (exact) mass is 315 g/mol. The van der Waals surface area contributed by atoms with Gasteiger partial charge in [-0.3, -0.25) is 4.90 Å². The molecule has 0 saturated heterocycles. The molecule has 1 heterocycles. The van der Waals surface area contributed by atoms with Crippen molar-refractivity contribution >= 4 is 11.6 Å². The third kappa shape index (κ3) is 4.83. The molecule has 0 aliphatic carbocycles. The van der Waals surface area contributed by atoms with Crippen molar-refractivity contribution in [3.63, 3.8) is 0 Å². The van der Waals surface area contributed by atoms with Gasteiger partial charge in [0.15, 0.2) is 6.79 Å². The zero-order valence-electron chi connectivity index (χ0n) is 12.6. The Balaban J connectivity index is 2.12. The van der Waals surface area contributed by atoms with Crippen molar-refractivity contribution in [2.75, 3.05) is 47.3 Å². The molecule has 0 aromatic heterocycles. The molecule has 1 aliphatic rings. The number of nitrogens with zero attached hydrogens (tertiary/aromatic N) is 1. The van der Waals surface area contributed by atoms with Crippen molar-refractivity contribution in [1.29, 1.82) is 0 Å². The first-order valence-corrected chi connectivity index (χ1v) is 7.34. The highest BCUT2D eigenvalue weighted by Gasteiger charge is 2.18. The summed E-state index contributed by atoms with van der Waals surface area (Å²) in [5, 5.41) is 0.705. The highest BCUT2D eigenvalue weighted by Crippen LogP contribution is 2.32. The number of fused-ring (bicyclic) bond motifs is 1. The lowest BCUT2D eigenvalue weighted by Crippen LogP contribution is -2.30. The molecule has 0 saturated carbocycles. The summed E-state index contributed by atoms with van der Waals surface area (Å²) in [5.41, 5.74) is 2.08. The average Bonchev–Trinajstić information content (AvgIpc) is 2.49. The lowest BCUT2D eigenvalue weighted by atomic mass is 10.1. The van der Waals surface area contributed by atoms with Gasteiger partial charge >= 0.3 is 0 Å². The van der Waals surface area contributed by atoms with E-state index in [4.69, 9.17) is 30.5 Å². The summed E-state index contributed by atoms with van der Waals surface area (Å²) in [6, 6.07) is 3.85. The summed E-state index contributed by atoms with van der Waals surface area (Å²) in [5.74, 6) is 0.894. The van der Waals surface area contributed by atoms with E-state index in [0.29, 0.717) is 24.8 Å². The van der Waals surface area contributed by atoms with E-state index in [9.17, 15) is 0 Å². The van der Waals surface area contributed by atoms with Crippen LogP contribution >= 0.6 is 11.6 Å². The second-order valence-corrected chi connectivity index (χ2v) is 5.36. The van der Waals surface area contributed by atoms with Crippen molar-refractivity contribution < 1.29 is 18.9 Å². The molecular weight excluding hydrogens is 294 g/mol. The Labute approximate surface area is 130 Å². The summed E-state index contributed by atoms with van der Waals surface area (Å²) in [6.45, 7) is 4.59. The summed E-state index contributed by atoms with van der Waals surface area (Å²) >= 11 is 6.19. The number of ether oxygens (including phenoxy) is 4. The molecule has 0 radical (unpaired) electrons. The van der Waals surface area contributed by atoms with Gasteiger partial charge in [0.1, 0.15) is 5.75 Å². The summed E-state index contributed by atoms with van der Waals surface area (Å²) in [7, 11) is 3.41. The number of methoxy groups -OCH3 is 2. The van der Waals surface area contributed by atoms with Crippen LogP contribution in [0.3, 0.4) is 0 Å². The Morgan fingerprint density at radius 2 is 1.90 bits per heavy atom. The molecule has 0 atom stereocenters. The Kier molecular flexibility index (Phi) is 6.73. The zero-order chi connectivity index (χ0) is 15.1. The van der Waals surface area contributed by atoms with Crippen molar-refractivity contribution in [3.8, 4) is 5.75 Å². The van der Waals surface area contributed by atoms with Crippen molar-refractivity contribution in [2.45, 2.75) is 13.2 Å². The smallest absolute Gasteiger partial charge is 0.189 e. The fraction of sp³-hybridized carbons (Fsp3) is 0.600. The Morgan fingerprint density at radius 3 is 2.57 bits per heavy atom. The van der Waals surface area contributed by atoms with Gasteiger partial charge in [0.25, 0.3) is 0 Å². The number of hydrogen-bond acceptors (Lipinski definition) is 5. The normalized spacial score (nSPS) is 14.1. The van der Waals surface area contributed by atoms with Crippen LogP contribution in [0.5, 0.6) is 5.75 Å². The van der Waals surface area contributed by atoms with Gasteiger partial charge in [-0.15, -0.1) is 0 Å². The van der Waals surface area contributed by atoms with Crippen LogP contribution in [0, 0.1) is 0 Å². The first-order chi connectivity index (χ1) is 10.2. The van der Waals surface area contributed by atoms with Gasteiger partial charge in [-0.1, -0.05) is 11.6 Å². The van der Waals surface area contributed by atoms with Crippen LogP contribution in [0.2, 0.25) is 5.02 Å². The molecule has 5 nitrogen and oxygen atoms in total. The maximum Gasteiger partial charge on any atom is 0.189 e. The van der Waals surface area contributed by atoms with Crippen LogP contribution < -0.4 is 4.74 Å². The highest BCUT2D eigenvalue weighted by atomic mass is 35.5. The molecule has 2 rings (SSSR count). The van der Waals surface area contributed by atoms with E-state index in [-0.39, 0.29) is 6.79 Å². The SMILES string of the molecule is COCCN(CCOC)Cc1cc(Cl)cc2c1OCOC2. The van der Waals surface area contributed by atoms with E-state index in [1.807, 2.05) is 12.1 Å². The van der Waals surface area contributed by atoms with E-state index in [1.54, 1.807) is 14.2 Å². The minimum Gasteiger partial charge on any atom is -0.467 e. The summed E-state index contributed by atoms with van der Waals surface area (Å²) in [6.07, 6.45) is 0. The molecule has 0 amide bonds. The van der Waals surface area contributed by atoms with Gasteiger partial charge in [0.2, 0.25) is 0 Å². The van der Waals surface area contributed by atoms with Gasteiger partial charge in [0.05, 0.1) is 19.8 Å². The predicted octanol–water partition coefficient (Wildman–Crippen LogP) is 2.30. The molecule has 0 unspecified atom stereocenters. The van der Waals surface area contributed by atoms with Crippen LogP contribution in [-0.2, 0) is 27.4 Å². The summed E-state index contributed by atoms with van der Waals surface area (Å²) in [4.78, 5) is 2.26. The fourth-order valence-corrected chi connectivity index (χ4v) is 2.59. The van der Waals surface area contributed by atoms with Gasteiger partial charge in [-0.2, -0.15) is 0 Å². The average molecular weight is 316 g/mol. The van der Waals surface area contributed by atoms with E-state index in [0.717, 1.165) is 36.5 Å². The number of rotatable bonds is 8. The molecule has 0 fully saturated rings. The molecule has 118 valence electrons. The number of halogens is 1. The van der Waals surface area contributed by atoms with Crippen LogP contribution in [0.1, 0.15) is 11.1 Å². The van der Waals surface area contributed by atoms with E-state index in [1.165, 1.54) is 0 Å².